The van der Waals surface area contributed by atoms with E-state index < -0.39 is 5.91 Å². The van der Waals surface area contributed by atoms with Gasteiger partial charge in [-0.3, -0.25) is 9.69 Å². The zero-order valence-corrected chi connectivity index (χ0v) is 10.1. The van der Waals surface area contributed by atoms with Crippen LogP contribution in [0.1, 0.15) is 26.7 Å². The molecular formula is C11H21NO3. The molecule has 0 spiro atoms. The van der Waals surface area contributed by atoms with Gasteiger partial charge in [-0.1, -0.05) is 0 Å². The summed E-state index contributed by atoms with van der Waals surface area (Å²) in [5.41, 5.74) is 0. The maximum Gasteiger partial charge on any atom is 0.233 e. The van der Waals surface area contributed by atoms with Gasteiger partial charge in [-0.25, -0.2) is 0 Å². The van der Waals surface area contributed by atoms with E-state index in [-0.39, 0.29) is 5.92 Å². The summed E-state index contributed by atoms with van der Waals surface area (Å²) in [5.74, 6) is -0.247. The molecule has 0 aromatic rings. The number of carbonyl (C=O) groups excluding carboxylic acids is 1. The van der Waals surface area contributed by atoms with Crippen molar-refractivity contribution in [1.82, 2.24) is 4.90 Å². The van der Waals surface area contributed by atoms with Gasteiger partial charge in [0.05, 0.1) is 0 Å². The Morgan fingerprint density at radius 1 is 1.27 bits per heavy atom. The van der Waals surface area contributed by atoms with Gasteiger partial charge in [0.25, 0.3) is 0 Å². The van der Waals surface area contributed by atoms with E-state index in [1.807, 2.05) is 32.8 Å². The van der Waals surface area contributed by atoms with Crippen LogP contribution < -0.4 is 0 Å². The van der Waals surface area contributed by atoms with Crippen LogP contribution in [0, 0.1) is 5.92 Å². The molecule has 15 heavy (non-hydrogen) atoms. The number of Topliss-reactive ketones (excluding diaryl/α,β-unsaturated/α-hetero) is 1. The molecule has 1 aliphatic carbocycles. The third kappa shape index (κ3) is 2.38. The lowest BCUT2D eigenvalue weighted by Gasteiger charge is -2.47. The molecule has 0 saturated heterocycles. The maximum absolute atomic E-state index is 11.1. The highest BCUT2D eigenvalue weighted by Gasteiger charge is 2.49. The van der Waals surface area contributed by atoms with E-state index in [1.54, 1.807) is 0 Å². The molecule has 0 aromatic heterocycles. The van der Waals surface area contributed by atoms with Crippen LogP contribution in [0.4, 0.5) is 0 Å². The molecule has 88 valence electrons. The van der Waals surface area contributed by atoms with Crippen LogP contribution in [0.3, 0.4) is 0 Å². The van der Waals surface area contributed by atoms with Crippen LogP contribution >= 0.6 is 0 Å². The Labute approximate surface area is 91.5 Å². The van der Waals surface area contributed by atoms with E-state index in [4.69, 9.17) is 9.47 Å². The minimum atomic E-state index is -0.711. The van der Waals surface area contributed by atoms with Crippen molar-refractivity contribution in [1.29, 1.82) is 0 Å². The Kier molecular flexibility index (Phi) is 4.25. The average Bonchev–Trinajstić information content (AvgIpc) is 2.12. The summed E-state index contributed by atoms with van der Waals surface area (Å²) in [6.45, 7) is 5.06. The molecule has 0 amide bonds. The van der Waals surface area contributed by atoms with Crippen molar-refractivity contribution in [3.63, 3.8) is 0 Å². The quantitative estimate of drug-likeness (QED) is 0.625. The van der Waals surface area contributed by atoms with Crippen molar-refractivity contribution in [2.75, 3.05) is 27.3 Å². The molecule has 4 heteroatoms. The van der Waals surface area contributed by atoms with Crippen molar-refractivity contribution in [2.24, 2.45) is 5.92 Å². The molecule has 0 unspecified atom stereocenters. The largest absolute Gasteiger partial charge is 0.337 e. The molecule has 1 fully saturated rings. The monoisotopic (exact) mass is 215 g/mol. The first-order chi connectivity index (χ1) is 7.06. The molecule has 0 bridgehead atoms. The zero-order chi connectivity index (χ0) is 11.5. The number of ether oxygens (including phenoxy) is 2. The number of nitrogens with zero attached hydrogens (tertiary/aromatic N) is 1. The molecule has 1 rings (SSSR count). The Bertz CT molecular complexity index is 214. The van der Waals surface area contributed by atoms with Crippen LogP contribution in [-0.2, 0) is 14.3 Å². The summed E-state index contributed by atoms with van der Waals surface area (Å²) in [6, 6.07) is 0. The van der Waals surface area contributed by atoms with Crippen molar-refractivity contribution < 1.29 is 14.3 Å². The Hall–Kier alpha value is -0.450. The molecule has 0 N–H and O–H groups in total. The Morgan fingerprint density at radius 2 is 1.73 bits per heavy atom. The summed E-state index contributed by atoms with van der Waals surface area (Å²) in [4.78, 5) is 13.0. The fourth-order valence-corrected chi connectivity index (χ4v) is 2.06. The molecule has 0 aliphatic heterocycles. The second-order valence-corrected chi connectivity index (χ2v) is 4.04. The molecule has 4 nitrogen and oxygen atoms in total. The second-order valence-electron chi connectivity index (χ2n) is 4.04. The average molecular weight is 215 g/mol. The minimum absolute atomic E-state index is 0.167. The fraction of sp³-hybridized carbons (Fsp3) is 0.909. The van der Waals surface area contributed by atoms with Gasteiger partial charge < -0.3 is 9.47 Å². The minimum Gasteiger partial charge on any atom is -0.337 e. The third-order valence-electron chi connectivity index (χ3n) is 2.79. The number of ketones is 1. The molecule has 1 saturated carbocycles. The summed E-state index contributed by atoms with van der Waals surface area (Å²) >= 11 is 0. The maximum atomic E-state index is 11.1. The smallest absolute Gasteiger partial charge is 0.233 e. The Morgan fingerprint density at radius 3 is 2.00 bits per heavy atom. The standard InChI is InChI=1S/C11H21NO3/c1-5-14-11(12(3)4,15-6-2)9-7-10(13)8-9/h9H,5-8H2,1-4H3. The van der Waals surface area contributed by atoms with Crippen molar-refractivity contribution in [2.45, 2.75) is 32.6 Å². The summed E-state index contributed by atoms with van der Waals surface area (Å²) in [6.07, 6.45) is 1.14. The second kappa shape index (κ2) is 5.05. The highest BCUT2D eigenvalue weighted by atomic mass is 16.7. The zero-order valence-electron chi connectivity index (χ0n) is 10.1. The highest BCUT2D eigenvalue weighted by molar-refractivity contribution is 5.84. The molecule has 0 radical (unpaired) electrons. The van der Waals surface area contributed by atoms with Gasteiger partial charge in [-0.15, -0.1) is 0 Å². The lowest BCUT2D eigenvalue weighted by atomic mass is 9.80. The summed E-state index contributed by atoms with van der Waals surface area (Å²) in [5, 5.41) is 0. The number of hydrogen-bond donors (Lipinski definition) is 0. The third-order valence-corrected chi connectivity index (χ3v) is 2.79. The van der Waals surface area contributed by atoms with E-state index >= 15 is 0 Å². The van der Waals surface area contributed by atoms with E-state index in [0.29, 0.717) is 31.8 Å². The van der Waals surface area contributed by atoms with Gasteiger partial charge >= 0.3 is 0 Å². The molecule has 1 aliphatic rings. The van der Waals surface area contributed by atoms with Crippen molar-refractivity contribution in [3.05, 3.63) is 0 Å². The lowest BCUT2D eigenvalue weighted by molar-refractivity contribution is -0.336. The van der Waals surface area contributed by atoms with Crippen molar-refractivity contribution in [3.8, 4) is 0 Å². The predicted molar refractivity (Wildman–Crippen MR) is 57.4 cm³/mol. The van der Waals surface area contributed by atoms with E-state index in [1.165, 1.54) is 0 Å². The number of rotatable bonds is 6. The SMILES string of the molecule is CCOC(OCC)(C1CC(=O)C1)N(C)C. The topological polar surface area (TPSA) is 38.8 Å². The first kappa shape index (κ1) is 12.6. The van der Waals surface area contributed by atoms with E-state index in [9.17, 15) is 4.79 Å². The summed E-state index contributed by atoms with van der Waals surface area (Å²) < 4.78 is 11.5. The van der Waals surface area contributed by atoms with E-state index in [2.05, 4.69) is 0 Å². The normalized spacial score (nSPS) is 18.3. The van der Waals surface area contributed by atoms with Crippen LogP contribution in [0.5, 0.6) is 0 Å². The van der Waals surface area contributed by atoms with Crippen LogP contribution in [0.2, 0.25) is 0 Å². The highest BCUT2D eigenvalue weighted by Crippen LogP contribution is 2.38. The Balaban J connectivity index is 2.76. The first-order valence-electron chi connectivity index (χ1n) is 5.53. The van der Waals surface area contributed by atoms with Gasteiger partial charge in [0.1, 0.15) is 5.78 Å². The number of carbonyl (C=O) groups is 1. The fourth-order valence-electron chi connectivity index (χ4n) is 2.06. The molecule has 0 atom stereocenters. The van der Waals surface area contributed by atoms with E-state index in [0.717, 1.165) is 0 Å². The molecule has 0 aromatic carbocycles. The van der Waals surface area contributed by atoms with Gasteiger partial charge in [0.2, 0.25) is 5.91 Å². The first-order valence-corrected chi connectivity index (χ1v) is 5.53. The van der Waals surface area contributed by atoms with Crippen LogP contribution in [0.25, 0.3) is 0 Å². The van der Waals surface area contributed by atoms with Crippen LogP contribution in [0.15, 0.2) is 0 Å². The summed E-state index contributed by atoms with van der Waals surface area (Å²) in [7, 11) is 3.85. The van der Waals surface area contributed by atoms with Gasteiger partial charge in [0, 0.05) is 32.0 Å². The van der Waals surface area contributed by atoms with Gasteiger partial charge in [-0.05, 0) is 27.9 Å². The van der Waals surface area contributed by atoms with Crippen LogP contribution in [-0.4, -0.2) is 43.9 Å². The van der Waals surface area contributed by atoms with Gasteiger partial charge in [-0.2, -0.15) is 0 Å². The molecule has 0 heterocycles. The van der Waals surface area contributed by atoms with Crippen molar-refractivity contribution >= 4 is 5.78 Å². The number of hydrogen-bond acceptors (Lipinski definition) is 4. The predicted octanol–water partition coefficient (Wildman–Crippen LogP) is 1.25. The lowest BCUT2D eigenvalue weighted by Crippen LogP contribution is -2.58. The molecular weight excluding hydrogens is 194 g/mol. The van der Waals surface area contributed by atoms with Gasteiger partial charge in [0.15, 0.2) is 0 Å².